The van der Waals surface area contributed by atoms with E-state index >= 15 is 0 Å². The van der Waals surface area contributed by atoms with Crippen molar-refractivity contribution in [2.45, 2.75) is 10.8 Å². The average molecular weight is 682 g/mol. The SMILES string of the molecule is O=C(O)c1ccc2c(c1C(=O)O)C=CC(C(=O)O)C2(C(=O)O)C(=O)OC(=O)C1(C(=O)O)c2ccc(C(=O)O)c(C(=O)O)c2C=CC1C(=O)O. The number of rotatable bonds is 10. The lowest BCUT2D eigenvalue weighted by Gasteiger charge is -2.38. The second-order valence-electron chi connectivity index (χ2n) is 10.4. The Morgan fingerprint density at radius 3 is 1.06 bits per heavy atom. The number of hydrogen-bond donors (Lipinski definition) is 8. The van der Waals surface area contributed by atoms with E-state index in [-0.39, 0.29) is 0 Å². The molecule has 0 amide bonds. The molecule has 4 unspecified atom stereocenters. The molecular formula is C30H18O19. The maximum Gasteiger partial charge on any atom is 0.337 e. The van der Waals surface area contributed by atoms with Gasteiger partial charge in [-0.2, -0.15) is 0 Å². The van der Waals surface area contributed by atoms with Gasteiger partial charge in [0.15, 0.2) is 0 Å². The molecule has 4 atom stereocenters. The van der Waals surface area contributed by atoms with Crippen molar-refractivity contribution in [2.24, 2.45) is 11.8 Å². The van der Waals surface area contributed by atoms with Gasteiger partial charge in [0.2, 0.25) is 10.8 Å². The lowest BCUT2D eigenvalue weighted by Crippen LogP contribution is -2.59. The Hall–Kier alpha value is -7.18. The van der Waals surface area contributed by atoms with E-state index in [0.717, 1.165) is 0 Å². The lowest BCUT2D eigenvalue weighted by atomic mass is 9.63. The summed E-state index contributed by atoms with van der Waals surface area (Å²) < 4.78 is 4.73. The van der Waals surface area contributed by atoms with Crippen molar-refractivity contribution in [1.29, 1.82) is 0 Å². The van der Waals surface area contributed by atoms with Gasteiger partial charge < -0.3 is 45.6 Å². The highest BCUT2D eigenvalue weighted by Crippen LogP contribution is 2.47. The summed E-state index contributed by atoms with van der Waals surface area (Å²) in [5, 5.41) is 79.1. The quantitative estimate of drug-likeness (QED) is 0.124. The number of hydrogen-bond acceptors (Lipinski definition) is 11. The van der Waals surface area contributed by atoms with Gasteiger partial charge in [-0.25, -0.2) is 28.8 Å². The molecular weight excluding hydrogens is 664 g/mol. The number of ether oxygens (including phenoxy) is 1. The highest BCUT2D eigenvalue weighted by atomic mass is 16.6. The van der Waals surface area contributed by atoms with E-state index in [1.54, 1.807) is 0 Å². The number of carboxylic acids is 8. The van der Waals surface area contributed by atoms with E-state index in [0.29, 0.717) is 48.6 Å². The molecule has 0 aromatic heterocycles. The fourth-order valence-corrected chi connectivity index (χ4v) is 6.02. The monoisotopic (exact) mass is 682 g/mol. The minimum atomic E-state index is -3.67. The van der Waals surface area contributed by atoms with Crippen LogP contribution in [0.4, 0.5) is 0 Å². The summed E-state index contributed by atoms with van der Waals surface area (Å²) in [5.74, 6) is -26.6. The van der Waals surface area contributed by atoms with Crippen molar-refractivity contribution < 1.29 is 93.5 Å². The van der Waals surface area contributed by atoms with Crippen molar-refractivity contribution in [3.63, 3.8) is 0 Å². The first kappa shape index (κ1) is 34.7. The van der Waals surface area contributed by atoms with E-state index in [1.807, 2.05) is 0 Å². The molecule has 49 heavy (non-hydrogen) atoms. The molecule has 0 saturated carbocycles. The van der Waals surface area contributed by atoms with E-state index < -0.39 is 127 Å². The average Bonchev–Trinajstić information content (AvgIpc) is 3.00. The van der Waals surface area contributed by atoms with Crippen molar-refractivity contribution in [2.75, 3.05) is 0 Å². The van der Waals surface area contributed by atoms with Gasteiger partial charge in [0.25, 0.3) is 0 Å². The zero-order chi connectivity index (χ0) is 36.9. The highest BCUT2D eigenvalue weighted by Gasteiger charge is 2.65. The molecule has 2 aliphatic carbocycles. The van der Waals surface area contributed by atoms with Crippen LogP contribution in [-0.2, 0) is 44.3 Å². The fraction of sp³-hybridized carbons (Fsp3) is 0.133. The van der Waals surface area contributed by atoms with Crippen LogP contribution in [0.25, 0.3) is 12.2 Å². The standard InChI is InChI=1S/C30H18O19/c31-19(32)11-3-5-13-9(17(11)23(39)40)1-7-15(21(35)36)29(13,25(43)44)27(47)49-28(48)30(26(45)46)14-6-4-12(20(33)34)18(24(41)42)10(14)2-8-16(30)22(37)38/h1-8,15-16H,(H,31,32)(H,33,34)(H,35,36)(H,37,38)(H,39,40)(H,41,42)(H,43,44)(H,45,46). The Labute approximate surface area is 269 Å². The van der Waals surface area contributed by atoms with Gasteiger partial charge in [0.05, 0.1) is 22.3 Å². The normalized spacial score (nSPS) is 21.7. The number of carbonyl (C=O) groups is 10. The molecule has 0 fully saturated rings. The largest absolute Gasteiger partial charge is 0.481 e. The molecule has 8 N–H and O–H groups in total. The van der Waals surface area contributed by atoms with E-state index in [2.05, 4.69) is 0 Å². The Morgan fingerprint density at radius 1 is 0.490 bits per heavy atom. The molecule has 0 aliphatic heterocycles. The Morgan fingerprint density at radius 2 is 0.816 bits per heavy atom. The van der Waals surface area contributed by atoms with Gasteiger partial charge in [0.1, 0.15) is 11.8 Å². The van der Waals surface area contributed by atoms with Crippen molar-refractivity contribution in [1.82, 2.24) is 0 Å². The fourth-order valence-electron chi connectivity index (χ4n) is 6.02. The summed E-state index contributed by atoms with van der Waals surface area (Å²) >= 11 is 0. The number of esters is 2. The van der Waals surface area contributed by atoms with Gasteiger partial charge in [-0.3, -0.25) is 19.2 Å². The van der Waals surface area contributed by atoms with E-state index in [1.165, 1.54) is 0 Å². The van der Waals surface area contributed by atoms with Crippen molar-refractivity contribution in [3.05, 3.63) is 80.9 Å². The van der Waals surface area contributed by atoms with Crippen LogP contribution in [0.1, 0.15) is 63.7 Å². The molecule has 252 valence electrons. The summed E-state index contributed by atoms with van der Waals surface area (Å²) in [6, 6.07) is 2.15. The maximum absolute atomic E-state index is 13.9. The van der Waals surface area contributed by atoms with E-state index in [9.17, 15) is 88.8 Å². The summed E-state index contributed by atoms with van der Waals surface area (Å²) in [5.41, 5.74) is -15.2. The van der Waals surface area contributed by atoms with Crippen LogP contribution in [0, 0.1) is 11.8 Å². The molecule has 0 bridgehead atoms. The molecule has 19 nitrogen and oxygen atoms in total. The summed E-state index contributed by atoms with van der Waals surface area (Å²) in [7, 11) is 0. The number of benzene rings is 2. The Bertz CT molecular complexity index is 1890. The lowest BCUT2D eigenvalue weighted by molar-refractivity contribution is -0.181. The number of aromatic carboxylic acids is 4. The highest BCUT2D eigenvalue weighted by molar-refractivity contribution is 6.20. The van der Waals surface area contributed by atoms with E-state index in [4.69, 9.17) is 4.74 Å². The van der Waals surface area contributed by atoms with Gasteiger partial charge in [0, 0.05) is 0 Å². The number of fused-ring (bicyclic) bond motifs is 2. The topological polar surface area (TPSA) is 342 Å². The summed E-state index contributed by atoms with van der Waals surface area (Å²) in [4.78, 5) is 126. The van der Waals surface area contributed by atoms with Gasteiger partial charge in [-0.1, -0.05) is 36.4 Å². The molecule has 2 aromatic rings. The van der Waals surface area contributed by atoms with Crippen LogP contribution < -0.4 is 0 Å². The minimum Gasteiger partial charge on any atom is -0.481 e. The second kappa shape index (κ2) is 11.9. The third-order valence-corrected chi connectivity index (χ3v) is 8.11. The van der Waals surface area contributed by atoms with Crippen molar-refractivity contribution in [3.8, 4) is 0 Å². The zero-order valence-corrected chi connectivity index (χ0v) is 23.8. The Balaban J connectivity index is 2.05. The Kier molecular flexibility index (Phi) is 8.41. The first-order valence-electron chi connectivity index (χ1n) is 13.1. The molecule has 0 spiro atoms. The molecule has 0 heterocycles. The molecule has 19 heteroatoms. The third-order valence-electron chi connectivity index (χ3n) is 8.11. The first-order chi connectivity index (χ1) is 22.8. The number of aliphatic carboxylic acids is 4. The maximum atomic E-state index is 13.9. The smallest absolute Gasteiger partial charge is 0.337 e. The van der Waals surface area contributed by atoms with Crippen LogP contribution in [0.5, 0.6) is 0 Å². The predicted octanol–water partition coefficient (Wildman–Crippen LogP) is 0.349. The first-order valence-corrected chi connectivity index (χ1v) is 13.1. The zero-order valence-electron chi connectivity index (χ0n) is 23.8. The predicted molar refractivity (Wildman–Crippen MR) is 151 cm³/mol. The summed E-state index contributed by atoms with van der Waals surface area (Å²) in [6.07, 6.45) is 2.33. The van der Waals surface area contributed by atoms with Crippen LogP contribution in [0.15, 0.2) is 36.4 Å². The van der Waals surface area contributed by atoms with Gasteiger partial charge in [-0.05, 0) is 34.4 Å². The molecule has 2 aliphatic rings. The van der Waals surface area contributed by atoms with Gasteiger partial charge in [-0.15, -0.1) is 0 Å². The van der Waals surface area contributed by atoms with Crippen LogP contribution in [0.2, 0.25) is 0 Å². The van der Waals surface area contributed by atoms with Gasteiger partial charge >= 0.3 is 59.7 Å². The van der Waals surface area contributed by atoms with Crippen LogP contribution in [0.3, 0.4) is 0 Å². The van der Waals surface area contributed by atoms with Crippen LogP contribution in [-0.4, -0.2) is 101 Å². The number of carbonyl (C=O) groups excluding carboxylic acids is 2. The molecule has 0 saturated heterocycles. The third kappa shape index (κ3) is 4.83. The molecule has 4 rings (SSSR count). The number of carboxylic acid groups (broad SMARTS) is 8. The van der Waals surface area contributed by atoms with Crippen LogP contribution >= 0.6 is 0 Å². The molecule has 2 aromatic carbocycles. The molecule has 0 radical (unpaired) electrons. The van der Waals surface area contributed by atoms with Crippen molar-refractivity contribution >= 4 is 71.8 Å². The second-order valence-corrected chi connectivity index (χ2v) is 10.4. The summed E-state index contributed by atoms with van der Waals surface area (Å²) in [6.45, 7) is 0. The minimum absolute atomic E-state index is 0.473.